The first-order chi connectivity index (χ1) is 11.5. The molecule has 0 aliphatic carbocycles. The van der Waals surface area contributed by atoms with Crippen LogP contribution >= 0.6 is 23.2 Å². The van der Waals surface area contributed by atoms with Gasteiger partial charge in [0.2, 0.25) is 10.0 Å². The zero-order valence-electron chi connectivity index (χ0n) is 12.9. The number of hydrogen-bond acceptors (Lipinski definition) is 4. The summed E-state index contributed by atoms with van der Waals surface area (Å²) in [5.74, 6) is 0. The minimum atomic E-state index is -3.55. The van der Waals surface area contributed by atoms with E-state index in [1.807, 2.05) is 6.07 Å². The molecule has 5 nitrogen and oxygen atoms in total. The van der Waals surface area contributed by atoms with E-state index in [1.165, 1.54) is 4.31 Å². The summed E-state index contributed by atoms with van der Waals surface area (Å²) in [7, 11) is -3.55. The van der Waals surface area contributed by atoms with Gasteiger partial charge in [-0.05, 0) is 23.8 Å². The molecule has 1 saturated heterocycles. The summed E-state index contributed by atoms with van der Waals surface area (Å²) in [6.07, 6.45) is 1.75. The molecule has 128 valence electrons. The minimum absolute atomic E-state index is 0.169. The van der Waals surface area contributed by atoms with Crippen LogP contribution in [0.1, 0.15) is 5.56 Å². The van der Waals surface area contributed by atoms with Crippen LogP contribution in [-0.4, -0.2) is 48.8 Å². The van der Waals surface area contributed by atoms with Gasteiger partial charge >= 0.3 is 0 Å². The highest BCUT2D eigenvalue weighted by molar-refractivity contribution is 7.89. The maximum Gasteiger partial charge on any atom is 0.244 e. The van der Waals surface area contributed by atoms with Gasteiger partial charge in [-0.2, -0.15) is 4.31 Å². The number of hydrogen-bond donors (Lipinski definition) is 0. The van der Waals surface area contributed by atoms with E-state index in [1.54, 1.807) is 36.5 Å². The summed E-state index contributed by atoms with van der Waals surface area (Å²) in [6.45, 7) is 2.92. The molecular weight excluding hydrogens is 369 g/mol. The van der Waals surface area contributed by atoms with Gasteiger partial charge in [-0.1, -0.05) is 41.4 Å². The zero-order chi connectivity index (χ0) is 17.2. The summed E-state index contributed by atoms with van der Waals surface area (Å²) in [5, 5.41) is 0.724. The molecule has 1 aliphatic rings. The van der Waals surface area contributed by atoms with E-state index in [4.69, 9.17) is 23.2 Å². The summed E-state index contributed by atoms with van der Waals surface area (Å²) in [4.78, 5) is 6.43. The van der Waals surface area contributed by atoms with Crippen LogP contribution in [0.4, 0.5) is 0 Å². The van der Waals surface area contributed by atoms with Gasteiger partial charge in [0.25, 0.3) is 0 Å². The number of halogens is 2. The van der Waals surface area contributed by atoms with Crippen molar-refractivity contribution >= 4 is 33.2 Å². The SMILES string of the molecule is O=S(=O)(c1ccccc1Cl)N1CCN(Cc2ccc(Cl)nc2)CC1. The van der Waals surface area contributed by atoms with Crippen LogP contribution in [0.2, 0.25) is 10.2 Å². The Morgan fingerprint density at radius 1 is 1.00 bits per heavy atom. The Morgan fingerprint density at radius 2 is 1.71 bits per heavy atom. The van der Waals surface area contributed by atoms with E-state index in [2.05, 4.69) is 9.88 Å². The van der Waals surface area contributed by atoms with Crippen LogP contribution in [0.25, 0.3) is 0 Å². The number of rotatable bonds is 4. The largest absolute Gasteiger partial charge is 0.296 e. The van der Waals surface area contributed by atoms with Crippen molar-refractivity contribution in [2.75, 3.05) is 26.2 Å². The highest BCUT2D eigenvalue weighted by Crippen LogP contribution is 2.25. The van der Waals surface area contributed by atoms with E-state index in [0.29, 0.717) is 31.3 Å². The molecule has 8 heteroatoms. The number of sulfonamides is 1. The van der Waals surface area contributed by atoms with Crippen molar-refractivity contribution < 1.29 is 8.42 Å². The molecule has 24 heavy (non-hydrogen) atoms. The number of nitrogens with zero attached hydrogens (tertiary/aromatic N) is 3. The van der Waals surface area contributed by atoms with Crippen molar-refractivity contribution in [3.8, 4) is 0 Å². The Hall–Kier alpha value is -1.18. The van der Waals surface area contributed by atoms with Crippen LogP contribution in [-0.2, 0) is 16.6 Å². The molecule has 0 saturated carbocycles. The van der Waals surface area contributed by atoms with E-state index >= 15 is 0 Å². The molecule has 0 amide bonds. The molecular formula is C16H17Cl2N3O2S. The Morgan fingerprint density at radius 3 is 2.33 bits per heavy atom. The Kier molecular flexibility index (Phi) is 5.42. The molecule has 3 rings (SSSR count). The number of benzene rings is 1. The van der Waals surface area contributed by atoms with Crippen LogP contribution in [0.5, 0.6) is 0 Å². The predicted molar refractivity (Wildman–Crippen MR) is 94.7 cm³/mol. The average Bonchev–Trinajstić information content (AvgIpc) is 2.58. The molecule has 0 bridgehead atoms. The highest BCUT2D eigenvalue weighted by Gasteiger charge is 2.29. The first-order valence-electron chi connectivity index (χ1n) is 7.54. The average molecular weight is 386 g/mol. The topological polar surface area (TPSA) is 53.5 Å². The molecule has 0 N–H and O–H groups in total. The van der Waals surface area contributed by atoms with Gasteiger partial charge in [0.1, 0.15) is 10.0 Å². The normalized spacial score (nSPS) is 17.1. The summed E-state index contributed by atoms with van der Waals surface area (Å²) < 4.78 is 26.9. The van der Waals surface area contributed by atoms with E-state index in [9.17, 15) is 8.42 Å². The van der Waals surface area contributed by atoms with E-state index in [-0.39, 0.29) is 9.92 Å². The molecule has 0 spiro atoms. The number of piperazine rings is 1. The molecule has 2 aromatic rings. The highest BCUT2D eigenvalue weighted by atomic mass is 35.5. The van der Waals surface area contributed by atoms with Crippen LogP contribution in [0, 0.1) is 0 Å². The lowest BCUT2D eigenvalue weighted by Crippen LogP contribution is -2.48. The van der Waals surface area contributed by atoms with Gasteiger partial charge in [-0.25, -0.2) is 13.4 Å². The molecule has 0 radical (unpaired) electrons. The van der Waals surface area contributed by atoms with Gasteiger partial charge in [0.05, 0.1) is 5.02 Å². The second-order valence-electron chi connectivity index (χ2n) is 5.60. The predicted octanol–water partition coefficient (Wildman–Crippen LogP) is 2.89. The van der Waals surface area contributed by atoms with Crippen molar-refractivity contribution in [2.24, 2.45) is 0 Å². The van der Waals surface area contributed by atoms with Gasteiger partial charge in [-0.3, -0.25) is 4.90 Å². The third-order valence-corrected chi connectivity index (χ3v) is 6.60. The van der Waals surface area contributed by atoms with Crippen molar-refractivity contribution in [3.05, 3.63) is 58.3 Å². The fourth-order valence-electron chi connectivity index (χ4n) is 2.68. The maximum atomic E-state index is 12.7. The summed E-state index contributed by atoms with van der Waals surface area (Å²) >= 11 is 11.8. The van der Waals surface area contributed by atoms with Crippen molar-refractivity contribution in [3.63, 3.8) is 0 Å². The molecule has 1 aromatic heterocycles. The minimum Gasteiger partial charge on any atom is -0.296 e. The van der Waals surface area contributed by atoms with Gasteiger partial charge in [-0.15, -0.1) is 0 Å². The van der Waals surface area contributed by atoms with Crippen molar-refractivity contribution in [2.45, 2.75) is 11.4 Å². The molecule has 2 heterocycles. The second-order valence-corrected chi connectivity index (χ2v) is 8.30. The molecule has 1 fully saturated rings. The second kappa shape index (κ2) is 7.37. The van der Waals surface area contributed by atoms with Crippen LogP contribution in [0.3, 0.4) is 0 Å². The number of pyridine rings is 1. The summed E-state index contributed by atoms with van der Waals surface area (Å²) in [6, 6.07) is 10.2. The first kappa shape index (κ1) is 17.6. The molecule has 0 atom stereocenters. The van der Waals surface area contributed by atoms with Crippen LogP contribution in [0.15, 0.2) is 47.5 Å². The lowest BCUT2D eigenvalue weighted by atomic mass is 10.2. The van der Waals surface area contributed by atoms with Crippen molar-refractivity contribution in [1.82, 2.24) is 14.2 Å². The quantitative estimate of drug-likeness (QED) is 0.759. The fourth-order valence-corrected chi connectivity index (χ4v) is 4.71. The van der Waals surface area contributed by atoms with Gasteiger partial charge < -0.3 is 0 Å². The zero-order valence-corrected chi connectivity index (χ0v) is 15.2. The van der Waals surface area contributed by atoms with E-state index in [0.717, 1.165) is 12.1 Å². The van der Waals surface area contributed by atoms with Crippen LogP contribution < -0.4 is 0 Å². The smallest absolute Gasteiger partial charge is 0.244 e. The lowest BCUT2D eigenvalue weighted by molar-refractivity contribution is 0.181. The third-order valence-electron chi connectivity index (χ3n) is 3.98. The first-order valence-corrected chi connectivity index (χ1v) is 9.74. The molecule has 1 aliphatic heterocycles. The molecule has 0 unspecified atom stereocenters. The third kappa shape index (κ3) is 3.90. The van der Waals surface area contributed by atoms with Gasteiger partial charge in [0, 0.05) is 38.9 Å². The Bertz CT molecular complexity index is 804. The number of aromatic nitrogens is 1. The van der Waals surface area contributed by atoms with Crippen molar-refractivity contribution in [1.29, 1.82) is 0 Å². The Balaban J connectivity index is 1.64. The maximum absolute atomic E-state index is 12.7. The molecule has 1 aromatic carbocycles. The Labute approximate surface area is 151 Å². The standard InChI is InChI=1S/C16H17Cl2N3O2S/c17-14-3-1-2-4-15(14)24(22,23)21-9-7-20(8-10-21)12-13-5-6-16(18)19-11-13/h1-6,11H,7-10,12H2. The monoisotopic (exact) mass is 385 g/mol. The lowest BCUT2D eigenvalue weighted by Gasteiger charge is -2.34. The summed E-state index contributed by atoms with van der Waals surface area (Å²) in [5.41, 5.74) is 1.06. The van der Waals surface area contributed by atoms with Gasteiger partial charge in [0.15, 0.2) is 0 Å². The van der Waals surface area contributed by atoms with E-state index < -0.39 is 10.0 Å². The fraction of sp³-hybridized carbons (Fsp3) is 0.312.